The summed E-state index contributed by atoms with van der Waals surface area (Å²) in [4.78, 5) is 32.6. The molecule has 1 aromatic carbocycles. The third-order valence-electron chi connectivity index (χ3n) is 4.21. The summed E-state index contributed by atoms with van der Waals surface area (Å²) in [7, 11) is 0. The highest BCUT2D eigenvalue weighted by Gasteiger charge is 2.13. The van der Waals surface area contributed by atoms with Crippen LogP contribution >= 0.6 is 11.3 Å². The van der Waals surface area contributed by atoms with Gasteiger partial charge in [-0.05, 0) is 24.3 Å². The van der Waals surface area contributed by atoms with Crippen molar-refractivity contribution in [2.45, 2.75) is 0 Å². The van der Waals surface area contributed by atoms with Gasteiger partial charge in [0.25, 0.3) is 11.8 Å². The maximum absolute atomic E-state index is 12.3. The average Bonchev–Trinajstić information content (AvgIpc) is 3.47. The smallest absolute Gasteiger partial charge is 0.270 e. The van der Waals surface area contributed by atoms with E-state index in [4.69, 9.17) is 0 Å². The molecule has 0 bridgehead atoms. The molecule has 2 N–H and O–H groups in total. The van der Waals surface area contributed by atoms with E-state index in [2.05, 4.69) is 25.7 Å². The molecule has 3 heterocycles. The Kier molecular flexibility index (Phi) is 5.90. The number of pyridine rings is 1. The number of thiazole rings is 1. The minimum absolute atomic E-state index is 0.233. The highest BCUT2D eigenvalue weighted by Crippen LogP contribution is 2.24. The largest absolute Gasteiger partial charge is 0.350 e. The molecule has 9 heteroatoms. The lowest BCUT2D eigenvalue weighted by Crippen LogP contribution is -2.34. The molecule has 3 aromatic heterocycles. The highest BCUT2D eigenvalue weighted by molar-refractivity contribution is 7.13. The third-order valence-corrected chi connectivity index (χ3v) is 5.10. The second-order valence-electron chi connectivity index (χ2n) is 6.30. The first-order valence-electron chi connectivity index (χ1n) is 9.23. The summed E-state index contributed by atoms with van der Waals surface area (Å²) in [5.74, 6) is -0.521. The van der Waals surface area contributed by atoms with Gasteiger partial charge in [-0.3, -0.25) is 14.6 Å². The van der Waals surface area contributed by atoms with Gasteiger partial charge in [0, 0.05) is 42.6 Å². The zero-order chi connectivity index (χ0) is 20.8. The summed E-state index contributed by atoms with van der Waals surface area (Å²) in [6, 6.07) is 13.1. The van der Waals surface area contributed by atoms with Crippen LogP contribution in [0, 0.1) is 0 Å². The fourth-order valence-electron chi connectivity index (χ4n) is 2.71. The maximum atomic E-state index is 12.3. The van der Waals surface area contributed by atoms with E-state index in [1.807, 2.05) is 36.5 Å². The number of rotatable bonds is 7. The molecule has 0 unspecified atom stereocenters. The molecule has 0 atom stereocenters. The number of amides is 2. The number of hydrogen-bond acceptors (Lipinski definition) is 6. The zero-order valence-electron chi connectivity index (χ0n) is 15.9. The molecule has 2 amide bonds. The zero-order valence-corrected chi connectivity index (χ0v) is 16.7. The summed E-state index contributed by atoms with van der Waals surface area (Å²) in [5, 5.41) is 12.3. The molecule has 0 aliphatic carbocycles. The molecule has 30 heavy (non-hydrogen) atoms. The lowest BCUT2D eigenvalue weighted by molar-refractivity contribution is 0.0925. The standard InChI is InChI=1S/C21H18N6O2S/c28-19(15-5-4-8-22-11-15)23-9-10-24-20(29)18-14-30-21(26-18)16-12-25-27(13-16)17-6-2-1-3-7-17/h1-8,11-14H,9-10H2,(H,23,28)(H,24,29). The van der Waals surface area contributed by atoms with E-state index in [-0.39, 0.29) is 11.8 Å². The minimum Gasteiger partial charge on any atom is -0.350 e. The molecule has 0 aliphatic heterocycles. The Labute approximate surface area is 176 Å². The van der Waals surface area contributed by atoms with Gasteiger partial charge in [0.1, 0.15) is 10.7 Å². The van der Waals surface area contributed by atoms with Gasteiger partial charge < -0.3 is 10.6 Å². The first-order chi connectivity index (χ1) is 14.7. The van der Waals surface area contributed by atoms with Crippen molar-refractivity contribution in [1.29, 1.82) is 0 Å². The van der Waals surface area contributed by atoms with E-state index in [0.717, 1.165) is 11.3 Å². The van der Waals surface area contributed by atoms with Gasteiger partial charge in [0.15, 0.2) is 0 Å². The van der Waals surface area contributed by atoms with Gasteiger partial charge >= 0.3 is 0 Å². The van der Waals surface area contributed by atoms with Crippen molar-refractivity contribution in [3.8, 4) is 16.3 Å². The van der Waals surface area contributed by atoms with E-state index in [1.165, 1.54) is 17.5 Å². The van der Waals surface area contributed by atoms with Crippen LogP contribution in [0.3, 0.4) is 0 Å². The molecule has 0 spiro atoms. The summed E-state index contributed by atoms with van der Waals surface area (Å²) in [5.41, 5.74) is 2.60. The summed E-state index contributed by atoms with van der Waals surface area (Å²) in [6.07, 6.45) is 6.70. The average molecular weight is 418 g/mol. The molecule has 4 aromatic rings. The van der Waals surface area contributed by atoms with Crippen LogP contribution < -0.4 is 10.6 Å². The number of carbonyl (C=O) groups is 2. The van der Waals surface area contributed by atoms with Crippen molar-refractivity contribution in [2.75, 3.05) is 13.1 Å². The third kappa shape index (κ3) is 4.58. The second-order valence-corrected chi connectivity index (χ2v) is 7.16. The number of carbonyl (C=O) groups excluding carboxylic acids is 2. The molecule has 0 saturated heterocycles. The van der Waals surface area contributed by atoms with Crippen LogP contribution in [0.1, 0.15) is 20.8 Å². The van der Waals surface area contributed by atoms with Crippen molar-refractivity contribution in [3.05, 3.63) is 83.9 Å². The summed E-state index contributed by atoms with van der Waals surface area (Å²) >= 11 is 1.38. The quantitative estimate of drug-likeness (QED) is 0.449. The number of benzene rings is 1. The second kappa shape index (κ2) is 9.10. The van der Waals surface area contributed by atoms with Crippen LogP contribution in [0.15, 0.2) is 72.6 Å². The topological polar surface area (TPSA) is 102 Å². The lowest BCUT2D eigenvalue weighted by atomic mass is 10.3. The Balaban J connectivity index is 1.30. The SMILES string of the molecule is O=C(NCCNC(=O)c1csc(-c2cnn(-c3ccccc3)c2)n1)c1cccnc1. The Morgan fingerprint density at radius 3 is 2.53 bits per heavy atom. The van der Waals surface area contributed by atoms with Crippen molar-refractivity contribution >= 4 is 23.2 Å². The predicted molar refractivity (Wildman–Crippen MR) is 114 cm³/mol. The van der Waals surface area contributed by atoms with Crippen LogP contribution in [-0.2, 0) is 0 Å². The van der Waals surface area contributed by atoms with Crippen molar-refractivity contribution in [1.82, 2.24) is 30.4 Å². The van der Waals surface area contributed by atoms with Gasteiger partial charge in [-0.2, -0.15) is 5.10 Å². The number of para-hydroxylation sites is 1. The number of hydrogen-bond donors (Lipinski definition) is 2. The number of nitrogens with zero attached hydrogens (tertiary/aromatic N) is 4. The Bertz CT molecular complexity index is 1140. The van der Waals surface area contributed by atoms with Crippen LogP contribution in [0.4, 0.5) is 0 Å². The van der Waals surface area contributed by atoms with Crippen LogP contribution in [0.2, 0.25) is 0 Å². The first-order valence-corrected chi connectivity index (χ1v) is 10.1. The number of nitrogens with one attached hydrogen (secondary N) is 2. The Morgan fingerprint density at radius 2 is 1.77 bits per heavy atom. The van der Waals surface area contributed by atoms with E-state index < -0.39 is 0 Å². The molecular weight excluding hydrogens is 400 g/mol. The summed E-state index contributed by atoms with van der Waals surface area (Å²) < 4.78 is 1.77. The molecule has 8 nitrogen and oxygen atoms in total. The van der Waals surface area contributed by atoms with Gasteiger partial charge in [-0.1, -0.05) is 18.2 Å². The number of aromatic nitrogens is 4. The Hall–Kier alpha value is -3.85. The van der Waals surface area contributed by atoms with Crippen molar-refractivity contribution in [3.63, 3.8) is 0 Å². The lowest BCUT2D eigenvalue weighted by Gasteiger charge is -2.05. The molecule has 4 rings (SSSR count). The van der Waals surface area contributed by atoms with Crippen LogP contribution in [-0.4, -0.2) is 44.7 Å². The molecule has 0 radical (unpaired) electrons. The van der Waals surface area contributed by atoms with Gasteiger partial charge in [0.2, 0.25) is 0 Å². The van der Waals surface area contributed by atoms with Gasteiger partial charge in [0.05, 0.1) is 17.4 Å². The van der Waals surface area contributed by atoms with E-state index >= 15 is 0 Å². The molecule has 150 valence electrons. The first kappa shape index (κ1) is 19.5. The van der Waals surface area contributed by atoms with E-state index in [0.29, 0.717) is 29.4 Å². The molecule has 0 aliphatic rings. The van der Waals surface area contributed by atoms with Gasteiger partial charge in [-0.15, -0.1) is 11.3 Å². The normalized spacial score (nSPS) is 10.5. The summed E-state index contributed by atoms with van der Waals surface area (Å²) in [6.45, 7) is 0.601. The van der Waals surface area contributed by atoms with E-state index in [1.54, 1.807) is 34.6 Å². The van der Waals surface area contributed by atoms with E-state index in [9.17, 15) is 9.59 Å². The van der Waals surface area contributed by atoms with Crippen LogP contribution in [0.25, 0.3) is 16.3 Å². The van der Waals surface area contributed by atoms with Crippen molar-refractivity contribution in [2.24, 2.45) is 0 Å². The maximum Gasteiger partial charge on any atom is 0.270 e. The predicted octanol–water partition coefficient (Wildman–Crippen LogP) is 2.55. The Morgan fingerprint density at radius 1 is 0.967 bits per heavy atom. The molecule has 0 fully saturated rings. The van der Waals surface area contributed by atoms with Gasteiger partial charge in [-0.25, -0.2) is 9.67 Å². The monoisotopic (exact) mass is 418 g/mol. The van der Waals surface area contributed by atoms with Crippen molar-refractivity contribution < 1.29 is 9.59 Å². The molecule has 0 saturated carbocycles. The minimum atomic E-state index is -0.288. The highest BCUT2D eigenvalue weighted by atomic mass is 32.1. The molecular formula is C21H18N6O2S. The fourth-order valence-corrected chi connectivity index (χ4v) is 3.48. The van der Waals surface area contributed by atoms with Crippen LogP contribution in [0.5, 0.6) is 0 Å². The fraction of sp³-hybridized carbons (Fsp3) is 0.0952.